The molecule has 0 spiro atoms. The first-order valence-corrected chi connectivity index (χ1v) is 6.55. The van der Waals surface area contributed by atoms with Crippen LogP contribution in [-0.2, 0) is 9.59 Å². The molecule has 1 heterocycles. The lowest BCUT2D eigenvalue weighted by atomic mass is 10.1. The Morgan fingerprint density at radius 3 is 2.72 bits per heavy atom. The number of para-hydroxylation sites is 1. The van der Waals surface area contributed by atoms with Crippen molar-refractivity contribution < 1.29 is 14.7 Å². The van der Waals surface area contributed by atoms with Gasteiger partial charge < -0.3 is 10.0 Å². The molecular formula is C13H15NO3S. The van der Waals surface area contributed by atoms with Crippen molar-refractivity contribution >= 4 is 29.3 Å². The van der Waals surface area contributed by atoms with Crippen molar-refractivity contribution in [2.45, 2.75) is 29.9 Å². The Kier molecular flexibility index (Phi) is 3.34. The van der Waals surface area contributed by atoms with Gasteiger partial charge in [0.25, 0.3) is 0 Å². The Hall–Kier alpha value is -1.49. The molecule has 1 N–H and O–H groups in total. The summed E-state index contributed by atoms with van der Waals surface area (Å²) in [6.45, 7) is 3.95. The molecule has 0 aromatic heterocycles. The number of carboxylic acid groups (broad SMARTS) is 1. The summed E-state index contributed by atoms with van der Waals surface area (Å²) in [4.78, 5) is 25.6. The molecule has 1 aliphatic rings. The molecule has 0 aliphatic carbocycles. The predicted octanol–water partition coefficient (Wildman–Crippen LogP) is 2.38. The smallest absolute Gasteiger partial charge is 0.305 e. The lowest BCUT2D eigenvalue weighted by molar-refractivity contribution is -0.136. The highest BCUT2D eigenvalue weighted by molar-refractivity contribution is 8.01. The lowest BCUT2D eigenvalue weighted by Gasteiger charge is -2.37. The largest absolute Gasteiger partial charge is 0.481 e. The number of fused-ring (bicyclic) bond motifs is 1. The summed E-state index contributed by atoms with van der Waals surface area (Å²) in [6.07, 6.45) is -0.0409. The van der Waals surface area contributed by atoms with Crippen molar-refractivity contribution in [3.63, 3.8) is 0 Å². The highest BCUT2D eigenvalue weighted by atomic mass is 32.2. The standard InChI is InChI=1S/C13H15NO3S/c1-13(2)12(17)14(8-7-11(15)16)9-5-3-4-6-10(9)18-13/h3-6H,7-8H2,1-2H3,(H,15,16). The molecule has 96 valence electrons. The number of carbonyl (C=O) groups is 2. The van der Waals surface area contributed by atoms with E-state index in [4.69, 9.17) is 5.11 Å². The minimum absolute atomic E-state index is 0.0348. The van der Waals surface area contributed by atoms with Gasteiger partial charge in [-0.1, -0.05) is 12.1 Å². The summed E-state index contributed by atoms with van der Waals surface area (Å²) in [6, 6.07) is 7.60. The van der Waals surface area contributed by atoms with E-state index in [1.165, 1.54) is 11.8 Å². The fourth-order valence-electron chi connectivity index (χ4n) is 1.95. The molecule has 0 saturated heterocycles. The first-order chi connectivity index (χ1) is 8.42. The number of carboxylic acids is 1. The first kappa shape index (κ1) is 13.0. The van der Waals surface area contributed by atoms with Gasteiger partial charge in [0.2, 0.25) is 5.91 Å². The van der Waals surface area contributed by atoms with E-state index >= 15 is 0 Å². The van der Waals surface area contributed by atoms with E-state index in [9.17, 15) is 9.59 Å². The predicted molar refractivity (Wildman–Crippen MR) is 71.0 cm³/mol. The van der Waals surface area contributed by atoms with Gasteiger partial charge in [0.15, 0.2) is 0 Å². The number of amides is 1. The molecule has 4 nitrogen and oxygen atoms in total. The number of hydrogen-bond acceptors (Lipinski definition) is 3. The van der Waals surface area contributed by atoms with E-state index in [0.29, 0.717) is 0 Å². The molecule has 0 bridgehead atoms. The zero-order valence-corrected chi connectivity index (χ0v) is 11.2. The number of anilines is 1. The van der Waals surface area contributed by atoms with Gasteiger partial charge in [-0.15, -0.1) is 11.8 Å². The van der Waals surface area contributed by atoms with Crippen molar-refractivity contribution in [3.8, 4) is 0 Å². The maximum atomic E-state index is 12.3. The van der Waals surface area contributed by atoms with Crippen LogP contribution < -0.4 is 4.90 Å². The molecular weight excluding hydrogens is 250 g/mol. The van der Waals surface area contributed by atoms with Gasteiger partial charge in [-0.25, -0.2) is 0 Å². The maximum absolute atomic E-state index is 12.3. The third-order valence-corrected chi connectivity index (χ3v) is 4.08. The normalized spacial score (nSPS) is 17.4. The maximum Gasteiger partial charge on any atom is 0.305 e. The Morgan fingerprint density at radius 2 is 2.06 bits per heavy atom. The number of rotatable bonds is 3. The third-order valence-electron chi connectivity index (χ3n) is 2.83. The number of thioether (sulfide) groups is 1. The van der Waals surface area contributed by atoms with Crippen LogP contribution in [0.5, 0.6) is 0 Å². The van der Waals surface area contributed by atoms with E-state index in [0.717, 1.165) is 10.6 Å². The van der Waals surface area contributed by atoms with Crippen molar-refractivity contribution in [2.75, 3.05) is 11.4 Å². The molecule has 0 atom stereocenters. The highest BCUT2D eigenvalue weighted by Gasteiger charge is 2.39. The zero-order chi connectivity index (χ0) is 13.3. The SMILES string of the molecule is CC1(C)Sc2ccccc2N(CCC(=O)O)C1=O. The quantitative estimate of drug-likeness (QED) is 0.911. The molecule has 1 aromatic rings. The van der Waals surface area contributed by atoms with Gasteiger partial charge in [-0.3, -0.25) is 9.59 Å². The van der Waals surface area contributed by atoms with Gasteiger partial charge in [0.1, 0.15) is 0 Å². The van der Waals surface area contributed by atoms with Crippen LogP contribution in [0.25, 0.3) is 0 Å². The number of hydrogen-bond donors (Lipinski definition) is 1. The highest BCUT2D eigenvalue weighted by Crippen LogP contribution is 2.44. The second-order valence-electron chi connectivity index (χ2n) is 4.68. The zero-order valence-electron chi connectivity index (χ0n) is 10.3. The van der Waals surface area contributed by atoms with Crippen LogP contribution in [0.2, 0.25) is 0 Å². The summed E-state index contributed by atoms with van der Waals surface area (Å²) in [7, 11) is 0. The molecule has 0 unspecified atom stereocenters. The molecule has 1 amide bonds. The Balaban J connectivity index is 2.36. The molecule has 0 saturated carbocycles. The van der Waals surface area contributed by atoms with E-state index in [2.05, 4.69) is 0 Å². The van der Waals surface area contributed by atoms with Crippen molar-refractivity contribution in [1.82, 2.24) is 0 Å². The fourth-order valence-corrected chi connectivity index (χ4v) is 3.13. The minimum atomic E-state index is -0.892. The molecule has 5 heteroatoms. The van der Waals surface area contributed by atoms with E-state index in [-0.39, 0.29) is 18.9 Å². The van der Waals surface area contributed by atoms with Crippen molar-refractivity contribution in [3.05, 3.63) is 24.3 Å². The molecule has 0 radical (unpaired) electrons. The van der Waals surface area contributed by atoms with E-state index in [1.807, 2.05) is 38.1 Å². The average molecular weight is 265 g/mol. The van der Waals surface area contributed by atoms with Gasteiger partial charge >= 0.3 is 5.97 Å². The number of carbonyl (C=O) groups excluding carboxylic acids is 1. The van der Waals surface area contributed by atoms with Crippen molar-refractivity contribution in [2.24, 2.45) is 0 Å². The summed E-state index contributed by atoms with van der Waals surface area (Å²) in [5.41, 5.74) is 0.813. The van der Waals surface area contributed by atoms with Crippen molar-refractivity contribution in [1.29, 1.82) is 0 Å². The van der Waals surface area contributed by atoms with Gasteiger partial charge in [-0.05, 0) is 26.0 Å². The summed E-state index contributed by atoms with van der Waals surface area (Å²) < 4.78 is -0.549. The summed E-state index contributed by atoms with van der Waals surface area (Å²) in [5, 5.41) is 8.77. The minimum Gasteiger partial charge on any atom is -0.481 e. The van der Waals surface area contributed by atoms with Crippen LogP contribution in [0.15, 0.2) is 29.2 Å². The van der Waals surface area contributed by atoms with Gasteiger partial charge in [-0.2, -0.15) is 0 Å². The van der Waals surface area contributed by atoms with Crippen LogP contribution in [0.4, 0.5) is 5.69 Å². The van der Waals surface area contributed by atoms with Crippen LogP contribution in [-0.4, -0.2) is 28.3 Å². The average Bonchev–Trinajstić information content (AvgIpc) is 2.29. The molecule has 18 heavy (non-hydrogen) atoms. The molecule has 1 aliphatic heterocycles. The molecule has 1 aromatic carbocycles. The van der Waals surface area contributed by atoms with Gasteiger partial charge in [0.05, 0.1) is 16.9 Å². The monoisotopic (exact) mass is 265 g/mol. The number of benzene rings is 1. The Labute approximate surface area is 110 Å². The lowest BCUT2D eigenvalue weighted by Crippen LogP contribution is -2.47. The Bertz CT molecular complexity index is 499. The topological polar surface area (TPSA) is 57.6 Å². The van der Waals surface area contributed by atoms with E-state index in [1.54, 1.807) is 4.90 Å². The molecule has 2 rings (SSSR count). The van der Waals surface area contributed by atoms with Crippen LogP contribution in [0, 0.1) is 0 Å². The number of aliphatic carboxylic acids is 1. The van der Waals surface area contributed by atoms with Crippen LogP contribution >= 0.6 is 11.8 Å². The van der Waals surface area contributed by atoms with Gasteiger partial charge in [0, 0.05) is 11.4 Å². The summed E-state index contributed by atoms with van der Waals surface area (Å²) in [5.74, 6) is -0.927. The second-order valence-corrected chi connectivity index (χ2v) is 6.35. The fraction of sp³-hybridized carbons (Fsp3) is 0.385. The van der Waals surface area contributed by atoms with Crippen LogP contribution in [0.3, 0.4) is 0 Å². The summed E-state index contributed by atoms with van der Waals surface area (Å²) >= 11 is 1.52. The third kappa shape index (κ3) is 2.36. The number of nitrogens with zero attached hydrogens (tertiary/aromatic N) is 1. The van der Waals surface area contributed by atoms with Crippen LogP contribution in [0.1, 0.15) is 20.3 Å². The molecule has 0 fully saturated rings. The Morgan fingerprint density at radius 1 is 1.39 bits per heavy atom. The van der Waals surface area contributed by atoms with E-state index < -0.39 is 10.7 Å². The second kappa shape index (κ2) is 4.65. The first-order valence-electron chi connectivity index (χ1n) is 5.73.